The van der Waals surface area contributed by atoms with Crippen LogP contribution in [0.5, 0.6) is 0 Å². The van der Waals surface area contributed by atoms with Crippen molar-refractivity contribution < 1.29 is 101 Å². The zero-order chi connectivity index (χ0) is 69.3. The van der Waals surface area contributed by atoms with Crippen molar-refractivity contribution in [3.63, 3.8) is 0 Å². The van der Waals surface area contributed by atoms with E-state index >= 15 is 0 Å². The first kappa shape index (κ1) is 82.7. The number of aliphatic hydroxyl groups is 1. The number of carbonyl (C=O) groups is 11. The maximum atomic E-state index is 12.8. The minimum atomic E-state index is -1.26. The van der Waals surface area contributed by atoms with Crippen molar-refractivity contribution in [1.29, 1.82) is 0 Å². The summed E-state index contributed by atoms with van der Waals surface area (Å²) in [4.78, 5) is 131. The highest BCUT2D eigenvalue weighted by Crippen LogP contribution is 2.45. The smallest absolute Gasteiger partial charge is 0.333 e. The van der Waals surface area contributed by atoms with Crippen LogP contribution in [0.3, 0.4) is 0 Å². The summed E-state index contributed by atoms with van der Waals surface area (Å²) in [7, 11) is 0. The molecule has 2 aliphatic rings. The molecule has 2 saturated heterocycles. The number of carbonyl (C=O) groups excluding carboxylic acids is 9. The van der Waals surface area contributed by atoms with Gasteiger partial charge in [-0.15, -0.1) is 26.3 Å². The van der Waals surface area contributed by atoms with Gasteiger partial charge in [0.1, 0.15) is 33.0 Å². The first-order valence-corrected chi connectivity index (χ1v) is 30.5. The van der Waals surface area contributed by atoms with Crippen LogP contribution in [0.4, 0.5) is 0 Å². The lowest BCUT2D eigenvalue weighted by Gasteiger charge is -2.35. The number of hydrogen-bond donors (Lipinski definition) is 3. The Morgan fingerprint density at radius 2 is 1.04 bits per heavy atom. The average Bonchev–Trinajstić information content (AvgIpc) is 1.83. The third-order valence-corrected chi connectivity index (χ3v) is 15.5. The molecular formula is C70H98O21. The van der Waals surface area contributed by atoms with Crippen LogP contribution in [-0.2, 0) is 85.9 Å². The predicted molar refractivity (Wildman–Crippen MR) is 341 cm³/mol. The molecule has 0 aliphatic carbocycles. The van der Waals surface area contributed by atoms with Crippen LogP contribution in [-0.4, -0.2) is 121 Å². The van der Waals surface area contributed by atoms with Gasteiger partial charge in [0.2, 0.25) is 0 Å². The van der Waals surface area contributed by atoms with Crippen LogP contribution in [0.25, 0.3) is 0 Å². The molecule has 504 valence electrons. The quantitative estimate of drug-likeness (QED) is 0.0128. The molecule has 2 fully saturated rings. The molecule has 0 aromatic rings. The molecule has 2 aliphatic heterocycles. The molecule has 10 unspecified atom stereocenters. The van der Waals surface area contributed by atoms with E-state index in [1.165, 1.54) is 19.9 Å². The number of aliphatic hydroxyl groups excluding tert-OH is 1. The van der Waals surface area contributed by atoms with Gasteiger partial charge in [0.05, 0.1) is 56.0 Å². The van der Waals surface area contributed by atoms with E-state index in [0.29, 0.717) is 43.1 Å². The van der Waals surface area contributed by atoms with E-state index in [1.807, 2.05) is 43.4 Å². The number of ether oxygens (including phenoxy) is 7. The van der Waals surface area contributed by atoms with E-state index in [4.69, 9.17) is 28.8 Å². The Hall–Kier alpha value is -8.33. The van der Waals surface area contributed by atoms with Gasteiger partial charge in [-0.1, -0.05) is 120 Å². The zero-order valence-corrected chi connectivity index (χ0v) is 54.3. The SMILES string of the molecule is C=C(C)C(=O)OCCO.C=CC(CC)C/C=C/CCC(C=C)(C/C=C/C(C)C(CC(=O)OCCOC(=O)C(=C)C)C(=O)O)C(CC(=O)OCCOC(=O)C(=C)C)C(=O)O.C=CC(CC)C/C=C/CCC(C=C)(C/C=C/C(C)C1CC(=O)OC1=O)C1CC(=O)OC1=O. The molecule has 3 N–H and O–H groups in total. The van der Waals surface area contributed by atoms with Crippen molar-refractivity contribution in [2.45, 2.75) is 138 Å². The summed E-state index contributed by atoms with van der Waals surface area (Å²) in [5.74, 6) is -11.5. The number of hydrogen-bond acceptors (Lipinski definition) is 19. The maximum Gasteiger partial charge on any atom is 0.333 e. The van der Waals surface area contributed by atoms with Crippen LogP contribution in [0.15, 0.2) is 136 Å². The lowest BCUT2D eigenvalue weighted by molar-refractivity contribution is -0.157. The third kappa shape index (κ3) is 31.8. The molecule has 21 heteroatoms. The lowest BCUT2D eigenvalue weighted by Crippen LogP contribution is -2.36. The molecule has 0 aromatic heterocycles. The Morgan fingerprint density at radius 1 is 0.582 bits per heavy atom. The lowest BCUT2D eigenvalue weighted by atomic mass is 9.68. The summed E-state index contributed by atoms with van der Waals surface area (Å²) < 4.78 is 33.9. The van der Waals surface area contributed by atoms with Crippen LogP contribution in [0, 0.1) is 58.2 Å². The van der Waals surface area contributed by atoms with Crippen molar-refractivity contribution in [2.24, 2.45) is 58.2 Å². The van der Waals surface area contributed by atoms with Gasteiger partial charge in [-0.2, -0.15) is 0 Å². The van der Waals surface area contributed by atoms with Gasteiger partial charge in [0.15, 0.2) is 0 Å². The van der Waals surface area contributed by atoms with Crippen LogP contribution < -0.4 is 0 Å². The second kappa shape index (κ2) is 45.0. The fourth-order valence-electron chi connectivity index (χ4n) is 9.50. The summed E-state index contributed by atoms with van der Waals surface area (Å²) in [6, 6.07) is 0. The molecule has 0 radical (unpaired) electrons. The Labute approximate surface area is 536 Å². The van der Waals surface area contributed by atoms with Crippen LogP contribution in [0.1, 0.15) is 138 Å². The number of aliphatic carboxylic acids is 2. The highest BCUT2D eigenvalue weighted by molar-refractivity contribution is 5.96. The van der Waals surface area contributed by atoms with Crippen molar-refractivity contribution in [3.8, 4) is 0 Å². The Morgan fingerprint density at radius 3 is 1.45 bits per heavy atom. The van der Waals surface area contributed by atoms with Gasteiger partial charge >= 0.3 is 65.7 Å². The fraction of sp³-hybridized carbons (Fsp3) is 0.529. The molecular weight excluding hydrogens is 1180 g/mol. The predicted octanol–water partition coefficient (Wildman–Crippen LogP) is 11.1. The van der Waals surface area contributed by atoms with E-state index in [-0.39, 0.29) is 76.0 Å². The second-order valence-electron chi connectivity index (χ2n) is 22.5. The molecule has 2 rings (SSSR count). The molecule has 0 bridgehead atoms. The highest BCUT2D eigenvalue weighted by atomic mass is 16.6. The first-order valence-electron chi connectivity index (χ1n) is 30.5. The van der Waals surface area contributed by atoms with Crippen LogP contribution in [0.2, 0.25) is 0 Å². The molecule has 2 heterocycles. The van der Waals surface area contributed by atoms with Gasteiger partial charge < -0.3 is 48.5 Å². The van der Waals surface area contributed by atoms with Gasteiger partial charge in [-0.05, 0) is 109 Å². The number of rotatable bonds is 43. The number of carboxylic acid groups (broad SMARTS) is 2. The van der Waals surface area contributed by atoms with E-state index < -0.39 is 119 Å². The summed E-state index contributed by atoms with van der Waals surface area (Å²) >= 11 is 0. The molecule has 21 nitrogen and oxygen atoms in total. The second-order valence-corrected chi connectivity index (χ2v) is 22.5. The molecule has 0 aromatic carbocycles. The Bertz CT molecular complexity index is 2670. The molecule has 91 heavy (non-hydrogen) atoms. The third-order valence-electron chi connectivity index (χ3n) is 15.5. The molecule has 0 saturated carbocycles. The summed E-state index contributed by atoms with van der Waals surface area (Å²) in [5, 5.41) is 28.3. The van der Waals surface area contributed by atoms with Crippen molar-refractivity contribution >= 4 is 65.7 Å². The Balaban J connectivity index is 0.00000167. The van der Waals surface area contributed by atoms with E-state index in [1.54, 1.807) is 32.1 Å². The number of carboxylic acids is 2. The first-order chi connectivity index (χ1) is 43.0. The number of esters is 9. The van der Waals surface area contributed by atoms with Gasteiger partial charge in [0, 0.05) is 27.5 Å². The normalized spacial score (nSPS) is 17.8. The highest BCUT2D eigenvalue weighted by Gasteiger charge is 2.47. The maximum absolute atomic E-state index is 12.8. The van der Waals surface area contributed by atoms with E-state index in [0.717, 1.165) is 32.1 Å². The molecule has 10 atom stereocenters. The minimum absolute atomic E-state index is 0.0375. The minimum Gasteiger partial charge on any atom is -0.481 e. The summed E-state index contributed by atoms with van der Waals surface area (Å²) in [6.07, 6.45) is 27.7. The van der Waals surface area contributed by atoms with Crippen molar-refractivity contribution in [1.82, 2.24) is 0 Å². The Kier molecular flexibility index (Phi) is 40.9. The van der Waals surface area contributed by atoms with E-state index in [9.17, 15) is 63.0 Å². The van der Waals surface area contributed by atoms with Crippen molar-refractivity contribution in [3.05, 3.63) is 136 Å². The summed E-state index contributed by atoms with van der Waals surface area (Å²) in [5.41, 5.74) is -1.08. The zero-order valence-electron chi connectivity index (χ0n) is 54.3. The number of cyclic esters (lactones) is 4. The standard InChI is InChI=1S/C38H54O12.C26H34O6.C6H10O3/c1-9-29(10-2)17-13-12-14-18-38(11-3,31(35(43)44)25-33(40)48-21-23-50-37(46)27(6)7)19-15-16-28(8)30(34(41)42)24-32(39)47-20-22-49-36(45)26(4)5;1-5-19(6-2)13-9-8-10-14-26(7-3,21-17-23(28)32-25(21)30)15-11-12-18(4)20-16-22(27)31-24(20)29;1-5(2)6(8)9-4-3-7/h9,11-13,15-16,28-31H,1,3-4,6,10,14,17-25H2,2,5,7-8H3,(H,41,42)(H,43,44);5,7-9,11-12,18-21H,1,3,6,10,13-17H2,2,4H3;7H,1,3-4H2,2H3/b13-12+,16-15+;9-8+,12-11+;. The average molecular weight is 1280 g/mol. The monoisotopic (exact) mass is 1270 g/mol. The number of allylic oxidation sites excluding steroid dienone is 12. The van der Waals surface area contributed by atoms with Gasteiger partial charge in [0.25, 0.3) is 0 Å². The topological polar surface area (TPSA) is 313 Å². The fourth-order valence-corrected chi connectivity index (χ4v) is 9.50. The van der Waals surface area contributed by atoms with Crippen LogP contribution >= 0.6 is 0 Å². The van der Waals surface area contributed by atoms with Gasteiger partial charge in [-0.3, -0.25) is 38.4 Å². The largest absolute Gasteiger partial charge is 0.481 e. The van der Waals surface area contributed by atoms with Crippen molar-refractivity contribution in [2.75, 3.05) is 39.6 Å². The molecule has 0 amide bonds. The molecule has 0 spiro atoms. The van der Waals surface area contributed by atoms with E-state index in [2.05, 4.69) is 81.5 Å². The summed E-state index contributed by atoms with van der Waals surface area (Å²) in [6.45, 7) is 36.9. The van der Waals surface area contributed by atoms with Gasteiger partial charge in [-0.25, -0.2) is 14.4 Å².